The first-order chi connectivity index (χ1) is 8.40. The maximum absolute atomic E-state index is 12.2. The summed E-state index contributed by atoms with van der Waals surface area (Å²) in [5.41, 5.74) is 3.72. The van der Waals surface area contributed by atoms with Gasteiger partial charge in [0.15, 0.2) is 5.13 Å². The lowest BCUT2D eigenvalue weighted by Crippen LogP contribution is -2.12. The van der Waals surface area contributed by atoms with Gasteiger partial charge in [-0.1, -0.05) is 0 Å². The molecule has 96 valence electrons. The van der Waals surface area contributed by atoms with E-state index in [1.54, 1.807) is 0 Å². The number of carbonyl (C=O) groups excluding carboxylic acids is 1. The van der Waals surface area contributed by atoms with Crippen LogP contribution in [0.2, 0.25) is 0 Å². The van der Waals surface area contributed by atoms with Gasteiger partial charge in [0.05, 0.1) is 11.3 Å². The first-order valence-corrected chi connectivity index (χ1v) is 6.60. The largest absolute Gasteiger partial charge is 0.351 e. The predicted molar refractivity (Wildman–Crippen MR) is 74.4 cm³/mol. The number of amides is 1. The van der Waals surface area contributed by atoms with Crippen LogP contribution in [-0.4, -0.2) is 15.5 Å². The summed E-state index contributed by atoms with van der Waals surface area (Å²) in [6.45, 7) is 7.88. The minimum Gasteiger partial charge on any atom is -0.351 e. The molecule has 2 rings (SSSR count). The van der Waals surface area contributed by atoms with E-state index >= 15 is 0 Å². The molecule has 0 aliphatic carbocycles. The minimum absolute atomic E-state index is 0.0926. The standard InChI is InChI=1S/C13H17N3OS/c1-7-6-11(9(3)16(7)5)12(17)15-13-14-8(2)10(4)18-13/h6H,1-5H3,(H,14,15,17). The molecular weight excluding hydrogens is 246 g/mol. The smallest absolute Gasteiger partial charge is 0.259 e. The van der Waals surface area contributed by atoms with E-state index in [0.29, 0.717) is 10.7 Å². The number of anilines is 1. The van der Waals surface area contributed by atoms with Crippen LogP contribution in [0.3, 0.4) is 0 Å². The zero-order valence-corrected chi connectivity index (χ0v) is 12.1. The Bertz CT molecular complexity index is 591. The van der Waals surface area contributed by atoms with E-state index < -0.39 is 0 Å². The van der Waals surface area contributed by atoms with Crippen LogP contribution in [0, 0.1) is 27.7 Å². The lowest BCUT2D eigenvalue weighted by molar-refractivity contribution is 0.102. The van der Waals surface area contributed by atoms with Crippen molar-refractivity contribution in [3.05, 3.63) is 33.6 Å². The van der Waals surface area contributed by atoms with Crippen LogP contribution < -0.4 is 5.32 Å². The van der Waals surface area contributed by atoms with Crippen molar-refractivity contribution in [2.75, 3.05) is 5.32 Å². The van der Waals surface area contributed by atoms with Crippen LogP contribution in [-0.2, 0) is 7.05 Å². The van der Waals surface area contributed by atoms with E-state index in [-0.39, 0.29) is 5.91 Å². The maximum Gasteiger partial charge on any atom is 0.259 e. The highest BCUT2D eigenvalue weighted by Crippen LogP contribution is 2.22. The van der Waals surface area contributed by atoms with Gasteiger partial charge in [-0.15, -0.1) is 11.3 Å². The fourth-order valence-electron chi connectivity index (χ4n) is 1.78. The van der Waals surface area contributed by atoms with Crippen LogP contribution >= 0.6 is 11.3 Å². The van der Waals surface area contributed by atoms with Crippen molar-refractivity contribution in [3.8, 4) is 0 Å². The van der Waals surface area contributed by atoms with Gasteiger partial charge in [0, 0.05) is 23.3 Å². The minimum atomic E-state index is -0.0926. The maximum atomic E-state index is 12.2. The molecule has 0 atom stereocenters. The van der Waals surface area contributed by atoms with E-state index in [1.807, 2.05) is 45.4 Å². The zero-order valence-electron chi connectivity index (χ0n) is 11.3. The van der Waals surface area contributed by atoms with Crippen molar-refractivity contribution in [3.63, 3.8) is 0 Å². The summed E-state index contributed by atoms with van der Waals surface area (Å²) in [4.78, 5) is 17.6. The Hall–Kier alpha value is -1.62. The van der Waals surface area contributed by atoms with E-state index in [4.69, 9.17) is 0 Å². The van der Waals surface area contributed by atoms with E-state index in [2.05, 4.69) is 10.3 Å². The van der Waals surface area contributed by atoms with Crippen molar-refractivity contribution in [2.45, 2.75) is 27.7 Å². The quantitative estimate of drug-likeness (QED) is 0.905. The third-order valence-corrected chi connectivity index (χ3v) is 4.26. The topological polar surface area (TPSA) is 46.9 Å². The van der Waals surface area contributed by atoms with Crippen molar-refractivity contribution in [1.29, 1.82) is 0 Å². The summed E-state index contributed by atoms with van der Waals surface area (Å²) in [5.74, 6) is -0.0926. The molecule has 1 N–H and O–H groups in total. The van der Waals surface area contributed by atoms with Crippen LogP contribution in [0.4, 0.5) is 5.13 Å². The van der Waals surface area contributed by atoms with Crippen molar-refractivity contribution < 1.29 is 4.79 Å². The molecule has 0 spiro atoms. The predicted octanol–water partition coefficient (Wildman–Crippen LogP) is 2.97. The first kappa shape index (κ1) is 12.8. The summed E-state index contributed by atoms with van der Waals surface area (Å²) in [6.07, 6.45) is 0. The number of thiazole rings is 1. The number of hydrogen-bond acceptors (Lipinski definition) is 3. The van der Waals surface area contributed by atoms with Gasteiger partial charge >= 0.3 is 0 Å². The molecule has 0 aliphatic rings. The highest BCUT2D eigenvalue weighted by molar-refractivity contribution is 7.15. The molecule has 0 aromatic carbocycles. The fourth-order valence-corrected chi connectivity index (χ4v) is 2.59. The third kappa shape index (κ3) is 2.18. The van der Waals surface area contributed by atoms with Crippen molar-refractivity contribution in [2.24, 2.45) is 7.05 Å². The molecule has 0 aliphatic heterocycles. The van der Waals surface area contributed by atoms with Gasteiger partial charge in [0.1, 0.15) is 0 Å². The first-order valence-electron chi connectivity index (χ1n) is 5.78. The molecule has 0 saturated heterocycles. The average molecular weight is 263 g/mol. The summed E-state index contributed by atoms with van der Waals surface area (Å²) in [6, 6.07) is 1.90. The molecule has 2 aromatic heterocycles. The second-order valence-corrected chi connectivity index (χ2v) is 5.66. The molecule has 2 aromatic rings. The Morgan fingerprint density at radius 1 is 1.33 bits per heavy atom. The molecule has 0 bridgehead atoms. The molecule has 0 radical (unpaired) electrons. The molecule has 2 heterocycles. The van der Waals surface area contributed by atoms with Gasteiger partial charge < -0.3 is 4.57 Å². The normalized spacial score (nSPS) is 10.7. The Balaban J connectivity index is 2.24. The van der Waals surface area contributed by atoms with Crippen LogP contribution in [0.25, 0.3) is 0 Å². The van der Waals surface area contributed by atoms with E-state index in [0.717, 1.165) is 22.0 Å². The SMILES string of the molecule is Cc1nc(NC(=O)c2cc(C)n(C)c2C)sc1C. The molecule has 5 heteroatoms. The number of hydrogen-bond donors (Lipinski definition) is 1. The van der Waals surface area contributed by atoms with E-state index in [1.165, 1.54) is 11.3 Å². The molecular formula is C13H17N3OS. The van der Waals surface area contributed by atoms with Crippen molar-refractivity contribution >= 4 is 22.4 Å². The van der Waals surface area contributed by atoms with Gasteiger partial charge in [-0.2, -0.15) is 0 Å². The molecule has 18 heavy (non-hydrogen) atoms. The summed E-state index contributed by atoms with van der Waals surface area (Å²) in [5, 5.41) is 3.52. The number of aromatic nitrogens is 2. The molecule has 0 unspecified atom stereocenters. The van der Waals surface area contributed by atoms with Crippen LogP contribution in [0.1, 0.15) is 32.3 Å². The van der Waals surface area contributed by atoms with Gasteiger partial charge in [-0.3, -0.25) is 10.1 Å². The Morgan fingerprint density at radius 2 is 2.00 bits per heavy atom. The fraction of sp³-hybridized carbons (Fsp3) is 0.385. The third-order valence-electron chi connectivity index (χ3n) is 3.27. The molecule has 0 fully saturated rings. The van der Waals surface area contributed by atoms with Gasteiger partial charge in [-0.25, -0.2) is 4.98 Å². The second kappa shape index (κ2) is 4.57. The number of nitrogens with zero attached hydrogens (tertiary/aromatic N) is 2. The lowest BCUT2D eigenvalue weighted by atomic mass is 10.2. The average Bonchev–Trinajstić information content (AvgIpc) is 2.74. The summed E-state index contributed by atoms with van der Waals surface area (Å²) < 4.78 is 2.01. The Kier molecular flexibility index (Phi) is 3.26. The number of carbonyl (C=O) groups is 1. The van der Waals surface area contributed by atoms with Crippen molar-refractivity contribution in [1.82, 2.24) is 9.55 Å². The van der Waals surface area contributed by atoms with E-state index in [9.17, 15) is 4.79 Å². The lowest BCUT2D eigenvalue weighted by Gasteiger charge is -2.02. The van der Waals surface area contributed by atoms with Gasteiger partial charge in [0.25, 0.3) is 5.91 Å². The monoisotopic (exact) mass is 263 g/mol. The highest BCUT2D eigenvalue weighted by atomic mass is 32.1. The highest BCUT2D eigenvalue weighted by Gasteiger charge is 2.15. The molecule has 4 nitrogen and oxygen atoms in total. The number of rotatable bonds is 2. The van der Waals surface area contributed by atoms with Crippen LogP contribution in [0.5, 0.6) is 0 Å². The van der Waals surface area contributed by atoms with Gasteiger partial charge in [0.2, 0.25) is 0 Å². The Labute approximate surface area is 111 Å². The summed E-state index contributed by atoms with van der Waals surface area (Å²) in [7, 11) is 1.96. The summed E-state index contributed by atoms with van der Waals surface area (Å²) >= 11 is 1.50. The molecule has 0 saturated carbocycles. The van der Waals surface area contributed by atoms with Crippen LogP contribution in [0.15, 0.2) is 6.07 Å². The molecule has 1 amide bonds. The second-order valence-electron chi connectivity index (χ2n) is 4.46. The van der Waals surface area contributed by atoms with Gasteiger partial charge in [-0.05, 0) is 33.8 Å². The Morgan fingerprint density at radius 3 is 2.44 bits per heavy atom. The zero-order chi connectivity index (χ0) is 13.4. The number of nitrogens with one attached hydrogen (secondary N) is 1. The number of aryl methyl sites for hydroxylation is 3.